The molecule has 0 amide bonds. The average molecular weight is 207 g/mol. The molecular formula is C11H17N3O. The fourth-order valence-electron chi connectivity index (χ4n) is 2.27. The summed E-state index contributed by atoms with van der Waals surface area (Å²) in [5.74, 6) is 0.149. The minimum Gasteiger partial charge on any atom is -0.313 e. The molecule has 1 heterocycles. The highest BCUT2D eigenvalue weighted by Gasteiger charge is 2.22. The molecule has 0 spiro atoms. The summed E-state index contributed by atoms with van der Waals surface area (Å²) in [6, 6.07) is 0. The lowest BCUT2D eigenvalue weighted by molar-refractivity contribution is 0.0983. The molecule has 0 aliphatic heterocycles. The minimum absolute atomic E-state index is 0.149. The number of rotatable bonds is 3. The Morgan fingerprint density at radius 1 is 1.47 bits per heavy atom. The maximum atomic E-state index is 11.9. The van der Waals surface area contributed by atoms with E-state index < -0.39 is 0 Å². The van der Waals surface area contributed by atoms with E-state index in [9.17, 15) is 4.79 Å². The van der Waals surface area contributed by atoms with Crippen LogP contribution in [-0.2, 0) is 19.9 Å². The number of hydrogen-bond acceptors (Lipinski definition) is 3. The van der Waals surface area contributed by atoms with Gasteiger partial charge in [0, 0.05) is 12.6 Å². The number of Topliss-reactive ketones (excluding diaryl/α,β-unsaturated/α-hetero) is 1. The molecule has 0 fully saturated rings. The van der Waals surface area contributed by atoms with Gasteiger partial charge in [0.1, 0.15) is 5.69 Å². The number of fused-ring (bicyclic) bond motifs is 1. The van der Waals surface area contributed by atoms with Crippen LogP contribution < -0.4 is 5.32 Å². The Labute approximate surface area is 89.7 Å². The molecule has 0 radical (unpaired) electrons. The molecule has 1 aliphatic rings. The van der Waals surface area contributed by atoms with Crippen LogP contribution in [0.2, 0.25) is 0 Å². The predicted octanol–water partition coefficient (Wildman–Crippen LogP) is 0.701. The maximum absolute atomic E-state index is 11.9. The van der Waals surface area contributed by atoms with Gasteiger partial charge in [-0.15, -0.1) is 0 Å². The Bertz CT molecular complexity index is 381. The fourth-order valence-corrected chi connectivity index (χ4v) is 2.27. The zero-order valence-electron chi connectivity index (χ0n) is 9.34. The van der Waals surface area contributed by atoms with Crippen LogP contribution in [0.25, 0.3) is 0 Å². The number of carbonyl (C=O) groups is 1. The Hall–Kier alpha value is -1.16. The van der Waals surface area contributed by atoms with Gasteiger partial charge in [-0.2, -0.15) is 5.10 Å². The van der Waals surface area contributed by atoms with Gasteiger partial charge in [0.25, 0.3) is 0 Å². The average Bonchev–Trinajstić information content (AvgIpc) is 2.54. The molecule has 2 rings (SSSR count). The van der Waals surface area contributed by atoms with Crippen LogP contribution in [0.1, 0.15) is 34.6 Å². The second kappa shape index (κ2) is 4.14. The smallest absolute Gasteiger partial charge is 0.194 e. The number of nitrogens with zero attached hydrogens (tertiary/aromatic N) is 2. The fraction of sp³-hybridized carbons (Fsp3) is 0.636. The van der Waals surface area contributed by atoms with Crippen LogP contribution >= 0.6 is 0 Å². The molecule has 4 heteroatoms. The first-order chi connectivity index (χ1) is 7.24. The van der Waals surface area contributed by atoms with Gasteiger partial charge >= 0.3 is 0 Å². The molecule has 0 aromatic carbocycles. The molecule has 0 bridgehead atoms. The Balaban J connectivity index is 2.37. The molecule has 1 aromatic heterocycles. The first kappa shape index (κ1) is 10.4. The molecule has 1 aromatic rings. The summed E-state index contributed by atoms with van der Waals surface area (Å²) >= 11 is 0. The molecule has 0 atom stereocenters. The molecule has 0 unspecified atom stereocenters. The SMILES string of the molecule is CNCC(=O)c1c2c(nn1C)CCCC2. The van der Waals surface area contributed by atoms with Crippen molar-refractivity contribution in [2.24, 2.45) is 7.05 Å². The van der Waals surface area contributed by atoms with E-state index in [1.807, 2.05) is 7.05 Å². The van der Waals surface area contributed by atoms with Gasteiger partial charge in [0.2, 0.25) is 0 Å². The van der Waals surface area contributed by atoms with Crippen LogP contribution in [0, 0.1) is 0 Å². The molecule has 1 N–H and O–H groups in total. The summed E-state index contributed by atoms with van der Waals surface area (Å²) < 4.78 is 1.75. The minimum atomic E-state index is 0.149. The summed E-state index contributed by atoms with van der Waals surface area (Å²) in [6.07, 6.45) is 4.41. The second-order valence-electron chi connectivity index (χ2n) is 4.06. The monoisotopic (exact) mass is 207 g/mol. The topological polar surface area (TPSA) is 46.9 Å². The maximum Gasteiger partial charge on any atom is 0.194 e. The van der Waals surface area contributed by atoms with Gasteiger partial charge in [0.05, 0.1) is 12.2 Å². The van der Waals surface area contributed by atoms with Gasteiger partial charge in [-0.1, -0.05) is 0 Å². The van der Waals surface area contributed by atoms with E-state index in [4.69, 9.17) is 0 Å². The van der Waals surface area contributed by atoms with E-state index in [1.54, 1.807) is 11.7 Å². The Morgan fingerprint density at radius 3 is 2.93 bits per heavy atom. The third-order valence-electron chi connectivity index (χ3n) is 2.92. The van der Waals surface area contributed by atoms with Crippen molar-refractivity contribution in [3.8, 4) is 0 Å². The third-order valence-corrected chi connectivity index (χ3v) is 2.92. The molecule has 0 saturated carbocycles. The zero-order valence-corrected chi connectivity index (χ0v) is 9.34. The van der Waals surface area contributed by atoms with Crippen molar-refractivity contribution in [2.75, 3.05) is 13.6 Å². The van der Waals surface area contributed by atoms with E-state index in [0.29, 0.717) is 6.54 Å². The van der Waals surface area contributed by atoms with Crippen LogP contribution in [0.5, 0.6) is 0 Å². The van der Waals surface area contributed by atoms with Gasteiger partial charge in [-0.3, -0.25) is 9.48 Å². The molecule has 15 heavy (non-hydrogen) atoms. The summed E-state index contributed by atoms with van der Waals surface area (Å²) in [5, 5.41) is 7.32. The normalized spacial score (nSPS) is 15.1. The van der Waals surface area contributed by atoms with Crippen LogP contribution in [0.4, 0.5) is 0 Å². The van der Waals surface area contributed by atoms with E-state index in [2.05, 4.69) is 10.4 Å². The first-order valence-electron chi connectivity index (χ1n) is 5.46. The number of ketones is 1. The van der Waals surface area contributed by atoms with Crippen molar-refractivity contribution in [1.82, 2.24) is 15.1 Å². The molecule has 1 aliphatic carbocycles. The molecular weight excluding hydrogens is 190 g/mol. The van der Waals surface area contributed by atoms with Gasteiger partial charge in [-0.05, 0) is 32.7 Å². The van der Waals surface area contributed by atoms with Gasteiger partial charge in [-0.25, -0.2) is 0 Å². The standard InChI is InChI=1S/C11H17N3O/c1-12-7-10(15)11-8-5-3-4-6-9(8)13-14(11)2/h12H,3-7H2,1-2H3. The summed E-state index contributed by atoms with van der Waals surface area (Å²) in [7, 11) is 3.65. The van der Waals surface area contributed by atoms with E-state index in [1.165, 1.54) is 18.4 Å². The van der Waals surface area contributed by atoms with Crippen molar-refractivity contribution >= 4 is 5.78 Å². The number of aromatic nitrogens is 2. The van der Waals surface area contributed by atoms with Crippen molar-refractivity contribution < 1.29 is 4.79 Å². The largest absolute Gasteiger partial charge is 0.313 e. The highest BCUT2D eigenvalue weighted by Crippen LogP contribution is 2.23. The van der Waals surface area contributed by atoms with E-state index in [0.717, 1.165) is 24.2 Å². The van der Waals surface area contributed by atoms with Crippen LogP contribution in [0.15, 0.2) is 0 Å². The lowest BCUT2D eigenvalue weighted by Gasteiger charge is -2.10. The van der Waals surface area contributed by atoms with Gasteiger partial charge < -0.3 is 5.32 Å². The highest BCUT2D eigenvalue weighted by molar-refractivity contribution is 5.97. The van der Waals surface area contributed by atoms with E-state index in [-0.39, 0.29) is 5.78 Å². The summed E-state index contributed by atoms with van der Waals surface area (Å²) in [6.45, 7) is 0.395. The quantitative estimate of drug-likeness (QED) is 0.742. The van der Waals surface area contributed by atoms with Crippen molar-refractivity contribution in [2.45, 2.75) is 25.7 Å². The molecule has 82 valence electrons. The predicted molar refractivity (Wildman–Crippen MR) is 58.1 cm³/mol. The Morgan fingerprint density at radius 2 is 2.20 bits per heavy atom. The second-order valence-corrected chi connectivity index (χ2v) is 4.06. The van der Waals surface area contributed by atoms with Gasteiger partial charge in [0.15, 0.2) is 5.78 Å². The van der Waals surface area contributed by atoms with Crippen LogP contribution in [-0.4, -0.2) is 29.2 Å². The number of aryl methyl sites for hydroxylation is 2. The summed E-state index contributed by atoms with van der Waals surface area (Å²) in [5.41, 5.74) is 3.12. The van der Waals surface area contributed by atoms with Crippen molar-refractivity contribution in [3.63, 3.8) is 0 Å². The Kier molecular flexibility index (Phi) is 2.86. The number of nitrogens with one attached hydrogen (secondary N) is 1. The van der Waals surface area contributed by atoms with Crippen molar-refractivity contribution in [1.29, 1.82) is 0 Å². The molecule has 4 nitrogen and oxygen atoms in total. The molecule has 0 saturated heterocycles. The third kappa shape index (κ3) is 1.81. The lowest BCUT2D eigenvalue weighted by Crippen LogP contribution is -2.22. The number of hydrogen-bond donors (Lipinski definition) is 1. The lowest BCUT2D eigenvalue weighted by atomic mass is 9.95. The first-order valence-corrected chi connectivity index (χ1v) is 5.46. The number of likely N-dealkylation sites (N-methyl/N-ethyl adjacent to an activating group) is 1. The highest BCUT2D eigenvalue weighted by atomic mass is 16.1. The van der Waals surface area contributed by atoms with E-state index >= 15 is 0 Å². The number of carbonyl (C=O) groups excluding carboxylic acids is 1. The zero-order chi connectivity index (χ0) is 10.8. The summed E-state index contributed by atoms with van der Waals surface area (Å²) in [4.78, 5) is 11.9. The van der Waals surface area contributed by atoms with Crippen molar-refractivity contribution in [3.05, 3.63) is 17.0 Å². The van der Waals surface area contributed by atoms with Crippen LogP contribution in [0.3, 0.4) is 0 Å².